The molecule has 3 rings (SSSR count). The van der Waals surface area contributed by atoms with E-state index in [4.69, 9.17) is 22.1 Å². The molecule has 1 aliphatic heterocycles. The highest BCUT2D eigenvalue weighted by Gasteiger charge is 2.34. The minimum absolute atomic E-state index is 0.0327. The number of carboxylic acid groups (broad SMARTS) is 1. The van der Waals surface area contributed by atoms with Crippen molar-refractivity contribution in [1.82, 2.24) is 5.32 Å². The van der Waals surface area contributed by atoms with E-state index in [2.05, 4.69) is 11.9 Å². The normalized spacial score (nSPS) is 15.0. The van der Waals surface area contributed by atoms with Crippen molar-refractivity contribution >= 4 is 46.9 Å². The van der Waals surface area contributed by atoms with Crippen molar-refractivity contribution in [3.05, 3.63) is 71.3 Å². The molecular weight excluding hydrogens is 432 g/mol. The molecule has 0 saturated carbocycles. The highest BCUT2D eigenvalue weighted by Crippen LogP contribution is 2.33. The Kier molecular flexibility index (Phi) is 6.70. The van der Waals surface area contributed by atoms with E-state index in [-0.39, 0.29) is 27.7 Å². The van der Waals surface area contributed by atoms with Crippen molar-refractivity contribution in [2.45, 2.75) is 13.3 Å². The molecule has 9 heteroatoms. The van der Waals surface area contributed by atoms with Crippen LogP contribution in [-0.2, 0) is 16.0 Å². The number of ether oxygens (including phenoxy) is 1. The van der Waals surface area contributed by atoms with E-state index >= 15 is 0 Å². The summed E-state index contributed by atoms with van der Waals surface area (Å²) in [6, 6.07) is 8.69. The van der Waals surface area contributed by atoms with Crippen LogP contribution in [0.5, 0.6) is 11.5 Å². The second-order valence-electron chi connectivity index (χ2n) is 6.76. The van der Waals surface area contributed by atoms with E-state index in [0.717, 1.165) is 4.90 Å². The number of amides is 2. The Morgan fingerprint density at radius 3 is 2.53 bits per heavy atom. The Balaban J connectivity index is 2.04. The maximum absolute atomic E-state index is 13.2. The lowest BCUT2D eigenvalue weighted by molar-refractivity contribution is -0.122. The minimum Gasteiger partial charge on any atom is -0.504 e. The molecule has 3 N–H and O–H groups in total. The number of hydrogen-bond donors (Lipinski definition) is 3. The molecule has 1 aliphatic rings. The fourth-order valence-electron chi connectivity index (χ4n) is 3.16. The Morgan fingerprint density at radius 1 is 1.25 bits per heavy atom. The molecule has 1 saturated heterocycles. The van der Waals surface area contributed by atoms with Gasteiger partial charge in [-0.3, -0.25) is 19.8 Å². The van der Waals surface area contributed by atoms with Gasteiger partial charge in [0.05, 0.1) is 17.9 Å². The standard InChI is InChI=1S/C23H20N2O6S/c1-3-5-15-10-13(12-18(19(15)26)31-4-2)11-17-20(27)24-23(32)25(21(17)28)16-8-6-14(7-9-16)22(29)30/h3,6-12,26H,1,4-5H2,2H3,(H,29,30)(H,24,27,32)/b17-11+. The second-order valence-corrected chi connectivity index (χ2v) is 7.15. The van der Waals surface area contributed by atoms with Gasteiger partial charge in [0.15, 0.2) is 16.6 Å². The molecule has 1 fully saturated rings. The van der Waals surface area contributed by atoms with E-state index in [0.29, 0.717) is 29.8 Å². The molecule has 8 nitrogen and oxygen atoms in total. The Morgan fingerprint density at radius 2 is 1.94 bits per heavy atom. The molecule has 2 amide bonds. The summed E-state index contributed by atoms with van der Waals surface area (Å²) < 4.78 is 5.47. The lowest BCUT2D eigenvalue weighted by atomic mass is 10.0. The van der Waals surface area contributed by atoms with E-state index in [1.165, 1.54) is 36.4 Å². The zero-order chi connectivity index (χ0) is 23.4. The third-order valence-electron chi connectivity index (χ3n) is 4.63. The van der Waals surface area contributed by atoms with Crippen LogP contribution in [0.1, 0.15) is 28.4 Å². The number of anilines is 1. The maximum Gasteiger partial charge on any atom is 0.335 e. The van der Waals surface area contributed by atoms with Gasteiger partial charge in [-0.05, 0) is 73.6 Å². The van der Waals surface area contributed by atoms with Crippen LogP contribution >= 0.6 is 12.2 Å². The first-order valence-electron chi connectivity index (χ1n) is 9.61. The van der Waals surface area contributed by atoms with Crippen LogP contribution in [0.15, 0.2) is 54.6 Å². The first-order chi connectivity index (χ1) is 15.3. The average molecular weight is 452 g/mol. The van der Waals surface area contributed by atoms with Crippen molar-refractivity contribution in [2.75, 3.05) is 11.5 Å². The number of aromatic hydroxyl groups is 1. The van der Waals surface area contributed by atoms with Gasteiger partial charge in [0.2, 0.25) is 0 Å². The summed E-state index contributed by atoms with van der Waals surface area (Å²) >= 11 is 5.16. The van der Waals surface area contributed by atoms with Gasteiger partial charge in [0.1, 0.15) is 5.57 Å². The summed E-state index contributed by atoms with van der Waals surface area (Å²) in [5.41, 5.74) is 1.17. The summed E-state index contributed by atoms with van der Waals surface area (Å²) in [4.78, 5) is 37.9. The number of carboxylic acids is 1. The number of rotatable bonds is 7. The van der Waals surface area contributed by atoms with Gasteiger partial charge in [-0.2, -0.15) is 0 Å². The second kappa shape index (κ2) is 9.44. The molecule has 0 aliphatic carbocycles. The topological polar surface area (TPSA) is 116 Å². The summed E-state index contributed by atoms with van der Waals surface area (Å²) in [5.74, 6) is -2.26. The van der Waals surface area contributed by atoms with Crippen LogP contribution in [0.2, 0.25) is 0 Å². The molecule has 0 bridgehead atoms. The third kappa shape index (κ3) is 4.52. The summed E-state index contributed by atoms with van der Waals surface area (Å²) in [6.45, 7) is 5.75. The van der Waals surface area contributed by atoms with Gasteiger partial charge in [0.25, 0.3) is 11.8 Å². The summed E-state index contributed by atoms with van der Waals surface area (Å²) in [5, 5.41) is 21.8. The number of nitrogens with one attached hydrogen (secondary N) is 1. The number of phenols is 1. The molecular formula is C23H20N2O6S. The summed E-state index contributed by atoms with van der Waals surface area (Å²) in [6.07, 6.45) is 3.35. The Labute approximate surface area is 189 Å². The first kappa shape index (κ1) is 22.7. The zero-order valence-electron chi connectivity index (χ0n) is 17.1. The largest absolute Gasteiger partial charge is 0.504 e. The smallest absolute Gasteiger partial charge is 0.335 e. The molecule has 2 aromatic rings. The van der Waals surface area contributed by atoms with Gasteiger partial charge >= 0.3 is 5.97 Å². The minimum atomic E-state index is -1.11. The number of nitrogens with zero attached hydrogens (tertiary/aromatic N) is 1. The number of aromatic carboxylic acids is 1. The lowest BCUT2D eigenvalue weighted by Crippen LogP contribution is -2.54. The van der Waals surface area contributed by atoms with Gasteiger partial charge < -0.3 is 14.9 Å². The van der Waals surface area contributed by atoms with E-state index in [1.807, 2.05) is 0 Å². The van der Waals surface area contributed by atoms with Crippen LogP contribution in [-0.4, -0.2) is 39.7 Å². The van der Waals surface area contributed by atoms with Gasteiger partial charge in [-0.25, -0.2) is 4.79 Å². The number of allylic oxidation sites excluding steroid dienone is 1. The Hall–Kier alpha value is -3.98. The lowest BCUT2D eigenvalue weighted by Gasteiger charge is -2.29. The average Bonchev–Trinajstić information content (AvgIpc) is 2.75. The maximum atomic E-state index is 13.2. The molecule has 0 atom stereocenters. The molecule has 2 aromatic carbocycles. The number of carbonyl (C=O) groups excluding carboxylic acids is 2. The van der Waals surface area contributed by atoms with Crippen molar-refractivity contribution in [1.29, 1.82) is 0 Å². The molecule has 0 unspecified atom stereocenters. The molecule has 0 spiro atoms. The Bertz CT molecular complexity index is 1150. The molecule has 164 valence electrons. The number of phenolic OH excluding ortho intramolecular Hbond substituents is 1. The van der Waals surface area contributed by atoms with Crippen LogP contribution in [0.3, 0.4) is 0 Å². The molecule has 0 radical (unpaired) electrons. The van der Waals surface area contributed by atoms with Gasteiger partial charge in [-0.1, -0.05) is 6.08 Å². The zero-order valence-corrected chi connectivity index (χ0v) is 17.9. The van der Waals surface area contributed by atoms with Gasteiger partial charge in [-0.15, -0.1) is 6.58 Å². The predicted molar refractivity (Wildman–Crippen MR) is 123 cm³/mol. The van der Waals surface area contributed by atoms with E-state index < -0.39 is 17.8 Å². The van der Waals surface area contributed by atoms with Crippen molar-refractivity contribution < 1.29 is 29.3 Å². The monoisotopic (exact) mass is 452 g/mol. The summed E-state index contributed by atoms with van der Waals surface area (Å²) in [7, 11) is 0. The van der Waals surface area contributed by atoms with Crippen molar-refractivity contribution in [3.63, 3.8) is 0 Å². The fraction of sp³-hybridized carbons (Fsp3) is 0.130. The van der Waals surface area contributed by atoms with Crippen LogP contribution in [0.25, 0.3) is 6.08 Å². The predicted octanol–water partition coefficient (Wildman–Crippen LogP) is 3.05. The third-order valence-corrected chi connectivity index (χ3v) is 4.91. The van der Waals surface area contributed by atoms with Crippen molar-refractivity contribution in [3.8, 4) is 11.5 Å². The van der Waals surface area contributed by atoms with Crippen LogP contribution in [0.4, 0.5) is 5.69 Å². The molecule has 0 aromatic heterocycles. The van der Waals surface area contributed by atoms with E-state index in [9.17, 15) is 19.5 Å². The highest BCUT2D eigenvalue weighted by molar-refractivity contribution is 7.80. The molecule has 32 heavy (non-hydrogen) atoms. The number of benzene rings is 2. The quantitative estimate of drug-likeness (QED) is 0.256. The SMILES string of the molecule is C=CCc1cc(/C=C2\C(=O)NC(=S)N(c3ccc(C(=O)O)cc3)C2=O)cc(OCC)c1O. The number of hydrogen-bond acceptors (Lipinski definition) is 6. The van der Waals surface area contributed by atoms with Crippen molar-refractivity contribution in [2.24, 2.45) is 0 Å². The van der Waals surface area contributed by atoms with Crippen LogP contribution in [0, 0.1) is 0 Å². The van der Waals surface area contributed by atoms with E-state index in [1.54, 1.807) is 19.1 Å². The number of thiocarbonyl (C=S) groups is 1. The first-order valence-corrected chi connectivity index (χ1v) is 10.0. The van der Waals surface area contributed by atoms with Crippen LogP contribution < -0.4 is 15.0 Å². The highest BCUT2D eigenvalue weighted by atomic mass is 32.1. The fourth-order valence-corrected chi connectivity index (χ4v) is 3.44. The molecule has 1 heterocycles. The number of carbonyl (C=O) groups is 3. The van der Waals surface area contributed by atoms with Gasteiger partial charge in [0, 0.05) is 5.56 Å².